The smallest absolute Gasteiger partial charge is 0.0541 e. The van der Waals surface area contributed by atoms with E-state index in [2.05, 4.69) is 334 Å². The average molecular weight is 1200 g/mol. The molecule has 16 aromatic rings. The van der Waals surface area contributed by atoms with E-state index in [4.69, 9.17) is 0 Å². The molecule has 0 radical (unpaired) electrons. The van der Waals surface area contributed by atoms with Crippen molar-refractivity contribution in [1.82, 2.24) is 13.7 Å². The zero-order valence-corrected chi connectivity index (χ0v) is 53.8. The predicted octanol–water partition coefficient (Wildman–Crippen LogP) is 24.1. The summed E-state index contributed by atoms with van der Waals surface area (Å²) in [5.74, 6) is 1.60. The molecule has 0 bridgehead atoms. The Morgan fingerprint density at radius 3 is 1.00 bits per heavy atom. The van der Waals surface area contributed by atoms with Crippen LogP contribution >= 0.6 is 0 Å². The fourth-order valence-electron chi connectivity index (χ4n) is 15.5. The lowest BCUT2D eigenvalue weighted by Crippen LogP contribution is -1.96. The van der Waals surface area contributed by atoms with Crippen LogP contribution in [0.25, 0.3) is 127 Å². The van der Waals surface area contributed by atoms with Crippen molar-refractivity contribution < 1.29 is 0 Å². The molecule has 0 amide bonds. The van der Waals surface area contributed by atoms with Gasteiger partial charge in [-0.05, 0) is 217 Å². The molecular weight excluding hydrogens is 1120 g/mol. The van der Waals surface area contributed by atoms with Crippen molar-refractivity contribution in [3.63, 3.8) is 0 Å². The van der Waals surface area contributed by atoms with Gasteiger partial charge in [-0.1, -0.05) is 236 Å². The number of nitrogens with zero attached hydrogens (tertiary/aromatic N) is 3. The van der Waals surface area contributed by atoms with Gasteiger partial charge in [0.25, 0.3) is 0 Å². The van der Waals surface area contributed by atoms with E-state index in [0.717, 1.165) is 19.3 Å². The minimum Gasteiger partial charge on any atom is -0.309 e. The fraction of sp³-hybridized carbons (Fsp3) is 0.133. The number of para-hydroxylation sites is 5. The van der Waals surface area contributed by atoms with E-state index in [-0.39, 0.29) is 0 Å². The topological polar surface area (TPSA) is 14.8 Å². The first-order chi connectivity index (χ1) is 45.6. The van der Waals surface area contributed by atoms with E-state index in [1.54, 1.807) is 0 Å². The summed E-state index contributed by atoms with van der Waals surface area (Å²) in [5.41, 5.74) is 35.0. The second-order valence-corrected chi connectivity index (χ2v) is 27.0. The molecule has 0 spiro atoms. The minimum absolute atomic E-state index is 0.523. The highest BCUT2D eigenvalue weighted by molar-refractivity contribution is 6.12. The first kappa shape index (κ1) is 56.3. The van der Waals surface area contributed by atoms with Crippen molar-refractivity contribution in [3.8, 4) is 61.6 Å². The maximum absolute atomic E-state index is 2.46. The molecule has 93 heavy (non-hydrogen) atoms. The van der Waals surface area contributed by atoms with Crippen molar-refractivity contribution in [2.24, 2.45) is 0 Å². The molecule has 3 nitrogen and oxygen atoms in total. The molecule has 3 aliphatic carbocycles. The number of benzene rings is 13. The van der Waals surface area contributed by atoms with Crippen LogP contribution in [0.2, 0.25) is 0 Å². The lowest BCUT2D eigenvalue weighted by atomic mass is 9.97. The molecule has 13 aromatic carbocycles. The molecule has 0 saturated heterocycles. The Morgan fingerprint density at radius 2 is 0.538 bits per heavy atom. The highest BCUT2D eigenvalue weighted by Gasteiger charge is 2.25. The third-order valence-corrected chi connectivity index (χ3v) is 20.4. The van der Waals surface area contributed by atoms with E-state index in [1.165, 1.54) is 177 Å². The van der Waals surface area contributed by atoms with Gasteiger partial charge in [0.15, 0.2) is 0 Å². The molecule has 3 heterocycles. The van der Waals surface area contributed by atoms with Gasteiger partial charge in [-0.3, -0.25) is 0 Å². The summed E-state index contributed by atoms with van der Waals surface area (Å²) in [6.07, 6.45) is 3.09. The molecule has 0 unspecified atom stereocenters. The molecule has 0 saturated carbocycles. The summed E-state index contributed by atoms with van der Waals surface area (Å²) in [4.78, 5) is 0. The summed E-state index contributed by atoms with van der Waals surface area (Å²) in [5, 5.41) is 7.84. The second-order valence-electron chi connectivity index (χ2n) is 27.0. The number of aromatic nitrogens is 3. The van der Waals surface area contributed by atoms with Gasteiger partial charge in [-0.25, -0.2) is 0 Å². The van der Waals surface area contributed by atoms with Crippen LogP contribution in [-0.4, -0.2) is 13.7 Å². The standard InChI is InChI=1S/C41H31N.C28H23N.C21H19N/c1-25(2)26-11-13-31-20-32-15-17-33(24-38(32)37(31)21-26)42-40-10-6-5-9-35(40)39-23-28(16-18-41(39)42)27-12-14-30-19-29-7-3-4-8-34(29)36(30)22-27;1-18(2)19-11-12-20-15-21-13-14-22(17-26(21)25(20)16-19)29-27-9-5-3-7-23(27)24-8-4-6-10-28(24)29;1-15(2)16-8-7-9-17(14-16)22-20-12-5-3-10-18(20)19-11-4-6-13-21(19)22/h3-18,21-25H,19-20H2,1-2H3;3-14,16-18H,15H2,1-2H3;3-15H,1-2H3. The van der Waals surface area contributed by atoms with Crippen molar-refractivity contribution in [3.05, 3.63) is 329 Å². The third-order valence-electron chi connectivity index (χ3n) is 20.4. The Hall–Kier alpha value is -10.7. The van der Waals surface area contributed by atoms with E-state index < -0.39 is 0 Å². The van der Waals surface area contributed by atoms with Crippen molar-refractivity contribution in [1.29, 1.82) is 0 Å². The maximum atomic E-state index is 2.46. The Balaban J connectivity index is 0.000000113. The highest BCUT2D eigenvalue weighted by atomic mass is 15.0. The monoisotopic (exact) mass is 1200 g/mol. The van der Waals surface area contributed by atoms with Crippen LogP contribution in [0.3, 0.4) is 0 Å². The molecule has 448 valence electrons. The van der Waals surface area contributed by atoms with Gasteiger partial charge in [0.1, 0.15) is 0 Å². The van der Waals surface area contributed by atoms with Crippen LogP contribution in [0, 0.1) is 0 Å². The van der Waals surface area contributed by atoms with Crippen molar-refractivity contribution in [2.75, 3.05) is 0 Å². The molecule has 3 heteroatoms. The zero-order valence-electron chi connectivity index (χ0n) is 53.8. The molecule has 0 N–H and O–H groups in total. The maximum Gasteiger partial charge on any atom is 0.0541 e. The normalized spacial score (nSPS) is 12.6. The van der Waals surface area contributed by atoms with Crippen LogP contribution in [0.5, 0.6) is 0 Å². The van der Waals surface area contributed by atoms with E-state index in [0.29, 0.717) is 17.8 Å². The van der Waals surface area contributed by atoms with E-state index >= 15 is 0 Å². The Morgan fingerprint density at radius 1 is 0.215 bits per heavy atom. The summed E-state index contributed by atoms with van der Waals surface area (Å²) in [6, 6.07) is 104. The molecule has 0 fully saturated rings. The van der Waals surface area contributed by atoms with Gasteiger partial charge in [-0.2, -0.15) is 0 Å². The van der Waals surface area contributed by atoms with Crippen LogP contribution in [0.1, 0.15) is 109 Å². The number of fused-ring (bicyclic) bond motifs is 18. The van der Waals surface area contributed by atoms with Gasteiger partial charge in [-0.15, -0.1) is 0 Å². The Labute approximate surface area is 545 Å². The van der Waals surface area contributed by atoms with Gasteiger partial charge in [0.2, 0.25) is 0 Å². The molecular formula is C90H73N3. The van der Waals surface area contributed by atoms with Gasteiger partial charge < -0.3 is 13.7 Å². The molecule has 3 aromatic heterocycles. The van der Waals surface area contributed by atoms with Gasteiger partial charge >= 0.3 is 0 Å². The van der Waals surface area contributed by atoms with E-state index in [9.17, 15) is 0 Å². The SMILES string of the molecule is CC(C)c1ccc2c(c1)-c1cc(-n3c4ccccc4c4cc(-c5ccc6c(c5)-c5ccccc5C6)ccc43)ccc1C2.CC(C)c1ccc2c(c1)-c1cc(-n3c4ccccc4c4ccccc43)ccc1C2.CC(C)c1cccc(-n2c3ccccc3c3ccccc32)c1. The van der Waals surface area contributed by atoms with Crippen LogP contribution in [0.15, 0.2) is 279 Å². The molecule has 3 aliphatic rings. The molecule has 0 aliphatic heterocycles. The zero-order chi connectivity index (χ0) is 62.6. The summed E-state index contributed by atoms with van der Waals surface area (Å²) in [6.45, 7) is 13.6. The number of rotatable bonds is 7. The van der Waals surface area contributed by atoms with Crippen molar-refractivity contribution in [2.45, 2.75) is 78.6 Å². The predicted molar refractivity (Wildman–Crippen MR) is 395 cm³/mol. The highest BCUT2D eigenvalue weighted by Crippen LogP contribution is 2.45. The largest absolute Gasteiger partial charge is 0.309 e. The molecule has 0 atom stereocenters. The van der Waals surface area contributed by atoms with Gasteiger partial charge in [0.05, 0.1) is 33.1 Å². The quantitative estimate of drug-likeness (QED) is 0.151. The van der Waals surface area contributed by atoms with Crippen LogP contribution < -0.4 is 0 Å². The first-order valence-electron chi connectivity index (χ1n) is 33.4. The Bertz CT molecular complexity index is 5550. The first-order valence-corrected chi connectivity index (χ1v) is 33.4. The summed E-state index contributed by atoms with van der Waals surface area (Å²) in [7, 11) is 0. The number of hydrogen-bond donors (Lipinski definition) is 0. The summed E-state index contributed by atoms with van der Waals surface area (Å²) >= 11 is 0. The summed E-state index contributed by atoms with van der Waals surface area (Å²) < 4.78 is 7.24. The average Bonchev–Trinajstić information content (AvgIpc) is 1.65. The van der Waals surface area contributed by atoms with Crippen LogP contribution in [-0.2, 0) is 19.3 Å². The number of hydrogen-bond acceptors (Lipinski definition) is 0. The lowest BCUT2D eigenvalue weighted by Gasteiger charge is -2.12. The second kappa shape index (κ2) is 22.6. The van der Waals surface area contributed by atoms with Gasteiger partial charge in [0, 0.05) is 49.4 Å². The Kier molecular flexibility index (Phi) is 13.7. The third kappa shape index (κ3) is 9.55. The van der Waals surface area contributed by atoms with Crippen LogP contribution in [0.4, 0.5) is 0 Å². The minimum atomic E-state index is 0.523. The van der Waals surface area contributed by atoms with Crippen molar-refractivity contribution >= 4 is 65.4 Å². The lowest BCUT2D eigenvalue weighted by molar-refractivity contribution is 0.864. The fourth-order valence-corrected chi connectivity index (χ4v) is 15.5. The molecule has 19 rings (SSSR count). The van der Waals surface area contributed by atoms with E-state index in [1.807, 2.05) is 0 Å².